The number of nitrogen functional groups attached to an aromatic ring is 1. The summed E-state index contributed by atoms with van der Waals surface area (Å²) >= 11 is 0. The number of amidine groups is 1. The maximum absolute atomic E-state index is 14.2. The van der Waals surface area contributed by atoms with Gasteiger partial charge in [0.2, 0.25) is 0 Å². The standard InChI is InChI=1S/C15H22FN3O/c1-19(9-11-5-7-20-8-6-11)10-12-3-2-4-13(14(12)16)15(17)18/h2-4,11H,5-10H2,1H3,(H3,17,18). The summed E-state index contributed by atoms with van der Waals surface area (Å²) in [7, 11) is 2.00. The maximum atomic E-state index is 14.2. The minimum absolute atomic E-state index is 0.182. The second-order valence-electron chi connectivity index (χ2n) is 5.44. The van der Waals surface area contributed by atoms with E-state index in [1.165, 1.54) is 0 Å². The van der Waals surface area contributed by atoms with Crippen molar-refractivity contribution in [1.82, 2.24) is 4.90 Å². The fourth-order valence-electron chi connectivity index (χ4n) is 2.64. The van der Waals surface area contributed by atoms with Crippen LogP contribution in [0.4, 0.5) is 4.39 Å². The Hall–Kier alpha value is -1.46. The Morgan fingerprint density at radius 1 is 1.45 bits per heavy atom. The Morgan fingerprint density at radius 3 is 2.80 bits per heavy atom. The normalized spacial score (nSPS) is 16.6. The first kappa shape index (κ1) is 14.9. The van der Waals surface area contributed by atoms with Crippen LogP contribution in [0.15, 0.2) is 18.2 Å². The van der Waals surface area contributed by atoms with E-state index in [0.29, 0.717) is 18.0 Å². The molecule has 0 amide bonds. The minimum atomic E-state index is -0.376. The zero-order valence-electron chi connectivity index (χ0n) is 11.9. The maximum Gasteiger partial charge on any atom is 0.138 e. The van der Waals surface area contributed by atoms with Crippen LogP contribution in [0.2, 0.25) is 0 Å². The van der Waals surface area contributed by atoms with E-state index in [-0.39, 0.29) is 17.2 Å². The molecule has 0 unspecified atom stereocenters. The molecule has 1 aromatic rings. The van der Waals surface area contributed by atoms with Gasteiger partial charge in [-0.1, -0.05) is 12.1 Å². The number of nitrogens with zero attached hydrogens (tertiary/aromatic N) is 1. The Kier molecular flexibility index (Phi) is 5.09. The van der Waals surface area contributed by atoms with Gasteiger partial charge in [-0.25, -0.2) is 4.39 Å². The third kappa shape index (κ3) is 3.77. The lowest BCUT2D eigenvalue weighted by atomic mass is 9.99. The van der Waals surface area contributed by atoms with Crippen molar-refractivity contribution >= 4 is 5.84 Å². The van der Waals surface area contributed by atoms with Crippen molar-refractivity contribution < 1.29 is 9.13 Å². The van der Waals surface area contributed by atoms with Crippen LogP contribution in [0.3, 0.4) is 0 Å². The van der Waals surface area contributed by atoms with Gasteiger partial charge in [-0.3, -0.25) is 5.41 Å². The topological polar surface area (TPSA) is 62.3 Å². The number of halogens is 1. The third-order valence-electron chi connectivity index (χ3n) is 3.72. The molecule has 0 bridgehead atoms. The lowest BCUT2D eigenvalue weighted by molar-refractivity contribution is 0.0548. The Balaban J connectivity index is 1.98. The van der Waals surface area contributed by atoms with Crippen LogP contribution >= 0.6 is 0 Å². The molecule has 20 heavy (non-hydrogen) atoms. The molecule has 1 aromatic carbocycles. The summed E-state index contributed by atoms with van der Waals surface area (Å²) < 4.78 is 19.5. The highest BCUT2D eigenvalue weighted by Crippen LogP contribution is 2.18. The van der Waals surface area contributed by atoms with E-state index in [9.17, 15) is 4.39 Å². The van der Waals surface area contributed by atoms with Crippen molar-refractivity contribution in [1.29, 1.82) is 5.41 Å². The molecular weight excluding hydrogens is 257 g/mol. The van der Waals surface area contributed by atoms with E-state index in [2.05, 4.69) is 4.90 Å². The number of ether oxygens (including phenoxy) is 1. The fraction of sp³-hybridized carbons (Fsp3) is 0.533. The molecule has 1 heterocycles. The Bertz CT molecular complexity index is 472. The molecule has 3 N–H and O–H groups in total. The van der Waals surface area contributed by atoms with E-state index < -0.39 is 0 Å². The van der Waals surface area contributed by atoms with Crippen LogP contribution in [0, 0.1) is 17.1 Å². The van der Waals surface area contributed by atoms with Crippen LogP contribution < -0.4 is 5.73 Å². The number of benzene rings is 1. The molecule has 0 saturated carbocycles. The molecule has 0 atom stereocenters. The summed E-state index contributed by atoms with van der Waals surface area (Å²) in [6, 6.07) is 5.04. The molecule has 0 aliphatic carbocycles. The van der Waals surface area contributed by atoms with E-state index in [1.807, 2.05) is 7.05 Å². The summed E-state index contributed by atoms with van der Waals surface area (Å²) in [4.78, 5) is 2.12. The molecular formula is C15H22FN3O. The number of nitrogens with two attached hydrogens (primary N) is 1. The Labute approximate surface area is 119 Å². The van der Waals surface area contributed by atoms with Crippen LogP contribution in [0.25, 0.3) is 0 Å². The van der Waals surface area contributed by atoms with Crippen molar-refractivity contribution in [3.63, 3.8) is 0 Å². The molecule has 5 heteroatoms. The lowest BCUT2D eigenvalue weighted by Crippen LogP contribution is -2.29. The molecule has 0 radical (unpaired) electrons. The molecule has 1 aliphatic heterocycles. The van der Waals surface area contributed by atoms with Crippen molar-refractivity contribution in [3.8, 4) is 0 Å². The lowest BCUT2D eigenvalue weighted by Gasteiger charge is -2.27. The van der Waals surface area contributed by atoms with Crippen LogP contribution in [-0.2, 0) is 11.3 Å². The van der Waals surface area contributed by atoms with Gasteiger partial charge >= 0.3 is 0 Å². The molecule has 2 rings (SSSR count). The van der Waals surface area contributed by atoms with Gasteiger partial charge in [0.1, 0.15) is 11.7 Å². The van der Waals surface area contributed by atoms with Gasteiger partial charge in [-0.05, 0) is 31.9 Å². The van der Waals surface area contributed by atoms with Gasteiger partial charge in [0, 0.05) is 31.9 Å². The molecule has 1 fully saturated rings. The zero-order chi connectivity index (χ0) is 14.5. The fourth-order valence-corrected chi connectivity index (χ4v) is 2.64. The predicted molar refractivity (Wildman–Crippen MR) is 77.3 cm³/mol. The van der Waals surface area contributed by atoms with E-state index in [0.717, 1.165) is 32.6 Å². The molecule has 110 valence electrons. The monoisotopic (exact) mass is 279 g/mol. The van der Waals surface area contributed by atoms with Crippen LogP contribution in [0.1, 0.15) is 24.0 Å². The van der Waals surface area contributed by atoms with Gasteiger partial charge < -0.3 is 15.4 Å². The van der Waals surface area contributed by atoms with Crippen molar-refractivity contribution in [2.75, 3.05) is 26.8 Å². The summed E-state index contributed by atoms with van der Waals surface area (Å²) in [6.45, 7) is 3.12. The van der Waals surface area contributed by atoms with E-state index >= 15 is 0 Å². The van der Waals surface area contributed by atoms with Crippen molar-refractivity contribution in [2.45, 2.75) is 19.4 Å². The van der Waals surface area contributed by atoms with Crippen molar-refractivity contribution in [2.24, 2.45) is 11.7 Å². The average molecular weight is 279 g/mol. The van der Waals surface area contributed by atoms with Gasteiger partial charge in [-0.2, -0.15) is 0 Å². The van der Waals surface area contributed by atoms with Crippen LogP contribution in [0.5, 0.6) is 0 Å². The molecule has 0 spiro atoms. The molecule has 0 aromatic heterocycles. The van der Waals surface area contributed by atoms with Gasteiger partial charge in [-0.15, -0.1) is 0 Å². The summed E-state index contributed by atoms with van der Waals surface area (Å²) in [5, 5.41) is 7.37. The van der Waals surface area contributed by atoms with Gasteiger partial charge in [0.05, 0.1) is 5.56 Å². The predicted octanol–water partition coefficient (Wildman–Crippen LogP) is 1.97. The first-order valence-corrected chi connectivity index (χ1v) is 6.96. The zero-order valence-corrected chi connectivity index (χ0v) is 11.9. The summed E-state index contributed by atoms with van der Waals surface area (Å²) in [5.74, 6) is 0.0167. The summed E-state index contributed by atoms with van der Waals surface area (Å²) in [5.41, 5.74) is 6.15. The number of hydrogen-bond donors (Lipinski definition) is 2. The number of rotatable bonds is 5. The third-order valence-corrected chi connectivity index (χ3v) is 3.72. The van der Waals surface area contributed by atoms with Crippen molar-refractivity contribution in [3.05, 3.63) is 35.1 Å². The SMILES string of the molecule is CN(Cc1cccc(C(=N)N)c1F)CC1CCOCC1. The van der Waals surface area contributed by atoms with E-state index in [4.69, 9.17) is 15.9 Å². The molecule has 1 saturated heterocycles. The second kappa shape index (κ2) is 6.81. The molecule has 4 nitrogen and oxygen atoms in total. The van der Waals surface area contributed by atoms with Crippen LogP contribution in [-0.4, -0.2) is 37.5 Å². The number of hydrogen-bond acceptors (Lipinski definition) is 3. The van der Waals surface area contributed by atoms with Gasteiger partial charge in [0.25, 0.3) is 0 Å². The average Bonchev–Trinajstić information content (AvgIpc) is 2.42. The highest BCUT2D eigenvalue weighted by molar-refractivity contribution is 5.95. The largest absolute Gasteiger partial charge is 0.384 e. The second-order valence-corrected chi connectivity index (χ2v) is 5.44. The number of nitrogens with one attached hydrogen (secondary N) is 1. The quantitative estimate of drug-likeness (QED) is 0.640. The highest BCUT2D eigenvalue weighted by Gasteiger charge is 2.17. The first-order valence-electron chi connectivity index (χ1n) is 6.96. The van der Waals surface area contributed by atoms with E-state index in [1.54, 1.807) is 18.2 Å². The van der Waals surface area contributed by atoms with Gasteiger partial charge in [0.15, 0.2) is 0 Å². The minimum Gasteiger partial charge on any atom is -0.384 e. The first-order chi connectivity index (χ1) is 9.58. The smallest absolute Gasteiger partial charge is 0.138 e. The summed E-state index contributed by atoms with van der Waals surface area (Å²) in [6.07, 6.45) is 2.14. The Morgan fingerprint density at radius 2 is 2.15 bits per heavy atom. The molecule has 1 aliphatic rings. The highest BCUT2D eigenvalue weighted by atomic mass is 19.1.